The van der Waals surface area contributed by atoms with Crippen molar-refractivity contribution < 1.29 is 4.79 Å². The minimum Gasteiger partial charge on any atom is -0.356 e. The van der Waals surface area contributed by atoms with Crippen LogP contribution in [0.3, 0.4) is 0 Å². The van der Waals surface area contributed by atoms with Crippen molar-refractivity contribution in [2.75, 3.05) is 6.54 Å². The van der Waals surface area contributed by atoms with Crippen molar-refractivity contribution in [2.24, 2.45) is 17.1 Å². The topological polar surface area (TPSA) is 55.1 Å². The molecule has 18 heavy (non-hydrogen) atoms. The molecular weight excluding hydrogens is 224 g/mol. The molecule has 0 radical (unpaired) electrons. The van der Waals surface area contributed by atoms with E-state index in [1.807, 2.05) is 0 Å². The maximum absolute atomic E-state index is 12.0. The number of hydrogen-bond donors (Lipinski definition) is 2. The average Bonchev–Trinajstić information content (AvgIpc) is 2.98. The van der Waals surface area contributed by atoms with Gasteiger partial charge in [-0.05, 0) is 43.4 Å². The Morgan fingerprint density at radius 2 is 2.00 bits per heavy atom. The zero-order chi connectivity index (χ0) is 13.0. The summed E-state index contributed by atoms with van der Waals surface area (Å²) in [7, 11) is 0. The standard InChI is InChI=1S/C15H28N2O/c1-2-15(8-3-4-9-15)11-17-14(18)10-12-6-5-7-13(12)16/h12-13H,2-11,16H2,1H3,(H,17,18)/t12-,13+/m0/s1. The summed E-state index contributed by atoms with van der Waals surface area (Å²) in [6.07, 6.45) is 10.5. The Balaban J connectivity index is 1.74. The first kappa shape index (κ1) is 13.9. The van der Waals surface area contributed by atoms with E-state index in [4.69, 9.17) is 5.73 Å². The summed E-state index contributed by atoms with van der Waals surface area (Å²) in [6.45, 7) is 3.13. The molecule has 2 fully saturated rings. The van der Waals surface area contributed by atoms with Crippen molar-refractivity contribution >= 4 is 5.91 Å². The molecule has 2 atom stereocenters. The van der Waals surface area contributed by atoms with Gasteiger partial charge in [-0.25, -0.2) is 0 Å². The van der Waals surface area contributed by atoms with Crippen LogP contribution in [0.1, 0.15) is 64.7 Å². The first-order valence-electron chi connectivity index (χ1n) is 7.67. The smallest absolute Gasteiger partial charge is 0.220 e. The molecule has 3 N–H and O–H groups in total. The predicted octanol–water partition coefficient (Wildman–Crippen LogP) is 2.59. The Hall–Kier alpha value is -0.570. The normalized spacial score (nSPS) is 30.6. The highest BCUT2D eigenvalue weighted by Gasteiger charge is 2.33. The van der Waals surface area contributed by atoms with E-state index in [1.54, 1.807) is 0 Å². The highest BCUT2D eigenvalue weighted by molar-refractivity contribution is 5.76. The molecule has 0 unspecified atom stereocenters. The molecule has 0 aromatic carbocycles. The fraction of sp³-hybridized carbons (Fsp3) is 0.933. The summed E-state index contributed by atoms with van der Waals surface area (Å²) in [5.74, 6) is 0.642. The van der Waals surface area contributed by atoms with E-state index >= 15 is 0 Å². The van der Waals surface area contributed by atoms with E-state index in [-0.39, 0.29) is 11.9 Å². The number of amides is 1. The van der Waals surface area contributed by atoms with Gasteiger partial charge in [0.05, 0.1) is 0 Å². The Morgan fingerprint density at radius 1 is 1.28 bits per heavy atom. The molecule has 0 heterocycles. The van der Waals surface area contributed by atoms with Crippen LogP contribution in [0.2, 0.25) is 0 Å². The average molecular weight is 252 g/mol. The molecule has 2 aliphatic rings. The molecule has 2 aliphatic carbocycles. The van der Waals surface area contributed by atoms with Crippen molar-refractivity contribution in [2.45, 2.75) is 70.8 Å². The minimum atomic E-state index is 0.220. The Kier molecular flexibility index (Phi) is 4.66. The second kappa shape index (κ2) is 6.05. The molecule has 0 bridgehead atoms. The maximum atomic E-state index is 12.0. The van der Waals surface area contributed by atoms with Gasteiger partial charge in [0.15, 0.2) is 0 Å². The van der Waals surface area contributed by atoms with E-state index in [0.717, 1.165) is 19.4 Å². The van der Waals surface area contributed by atoms with Gasteiger partial charge >= 0.3 is 0 Å². The van der Waals surface area contributed by atoms with Crippen molar-refractivity contribution in [1.82, 2.24) is 5.32 Å². The first-order valence-corrected chi connectivity index (χ1v) is 7.67. The third-order valence-corrected chi connectivity index (χ3v) is 5.24. The summed E-state index contributed by atoms with van der Waals surface area (Å²) < 4.78 is 0. The molecule has 2 saturated carbocycles. The van der Waals surface area contributed by atoms with Crippen LogP contribution in [0.25, 0.3) is 0 Å². The summed E-state index contributed by atoms with van der Waals surface area (Å²) in [5.41, 5.74) is 6.41. The second-order valence-corrected chi connectivity index (χ2v) is 6.40. The number of nitrogens with two attached hydrogens (primary N) is 1. The van der Waals surface area contributed by atoms with Crippen molar-refractivity contribution in [1.29, 1.82) is 0 Å². The van der Waals surface area contributed by atoms with Crippen LogP contribution in [0.4, 0.5) is 0 Å². The molecule has 2 rings (SSSR count). The molecule has 0 aromatic rings. The summed E-state index contributed by atoms with van der Waals surface area (Å²) >= 11 is 0. The van der Waals surface area contributed by atoms with Crippen LogP contribution in [-0.2, 0) is 4.79 Å². The van der Waals surface area contributed by atoms with Gasteiger partial charge in [0.2, 0.25) is 5.91 Å². The zero-order valence-corrected chi connectivity index (χ0v) is 11.7. The van der Waals surface area contributed by atoms with E-state index in [0.29, 0.717) is 17.8 Å². The van der Waals surface area contributed by atoms with Crippen LogP contribution in [0.5, 0.6) is 0 Å². The van der Waals surface area contributed by atoms with Gasteiger partial charge in [0.1, 0.15) is 0 Å². The Labute approximate surface area is 111 Å². The van der Waals surface area contributed by atoms with Gasteiger partial charge in [-0.2, -0.15) is 0 Å². The van der Waals surface area contributed by atoms with Crippen molar-refractivity contribution in [3.05, 3.63) is 0 Å². The van der Waals surface area contributed by atoms with Crippen LogP contribution < -0.4 is 11.1 Å². The van der Waals surface area contributed by atoms with Gasteiger partial charge in [-0.1, -0.05) is 26.2 Å². The quantitative estimate of drug-likeness (QED) is 0.790. The molecule has 0 aliphatic heterocycles. The summed E-state index contributed by atoms with van der Waals surface area (Å²) in [4.78, 5) is 12.0. The highest BCUT2D eigenvalue weighted by atomic mass is 16.1. The number of rotatable bonds is 5. The van der Waals surface area contributed by atoms with Crippen LogP contribution >= 0.6 is 0 Å². The van der Waals surface area contributed by atoms with Gasteiger partial charge in [-0.15, -0.1) is 0 Å². The molecule has 3 nitrogen and oxygen atoms in total. The number of carbonyl (C=O) groups is 1. The lowest BCUT2D eigenvalue weighted by Gasteiger charge is -2.28. The van der Waals surface area contributed by atoms with Gasteiger partial charge < -0.3 is 11.1 Å². The van der Waals surface area contributed by atoms with E-state index < -0.39 is 0 Å². The van der Waals surface area contributed by atoms with Gasteiger partial charge in [-0.3, -0.25) is 4.79 Å². The zero-order valence-electron chi connectivity index (χ0n) is 11.7. The number of carbonyl (C=O) groups excluding carboxylic acids is 1. The van der Waals surface area contributed by atoms with Crippen LogP contribution in [0, 0.1) is 11.3 Å². The summed E-state index contributed by atoms with van der Waals surface area (Å²) in [6, 6.07) is 0.252. The Bertz CT molecular complexity index is 284. The van der Waals surface area contributed by atoms with Crippen molar-refractivity contribution in [3.8, 4) is 0 Å². The van der Waals surface area contributed by atoms with Crippen molar-refractivity contribution in [3.63, 3.8) is 0 Å². The maximum Gasteiger partial charge on any atom is 0.220 e. The highest BCUT2D eigenvalue weighted by Crippen LogP contribution is 2.40. The largest absolute Gasteiger partial charge is 0.356 e. The molecule has 0 spiro atoms. The lowest BCUT2D eigenvalue weighted by Crippen LogP contribution is -2.37. The Morgan fingerprint density at radius 3 is 2.56 bits per heavy atom. The second-order valence-electron chi connectivity index (χ2n) is 6.40. The van der Waals surface area contributed by atoms with E-state index in [2.05, 4.69) is 12.2 Å². The van der Waals surface area contributed by atoms with Crippen LogP contribution in [0.15, 0.2) is 0 Å². The lowest BCUT2D eigenvalue weighted by atomic mass is 9.83. The molecule has 1 amide bonds. The summed E-state index contributed by atoms with van der Waals surface area (Å²) in [5, 5.41) is 3.17. The SMILES string of the molecule is CCC1(CNC(=O)C[C@@H]2CCC[C@H]2N)CCCC1. The molecule has 104 valence electrons. The number of hydrogen-bond acceptors (Lipinski definition) is 2. The lowest BCUT2D eigenvalue weighted by molar-refractivity contribution is -0.122. The minimum absolute atomic E-state index is 0.220. The molecular formula is C15H28N2O. The fourth-order valence-electron chi connectivity index (χ4n) is 3.70. The third-order valence-electron chi connectivity index (χ3n) is 5.24. The van der Waals surface area contributed by atoms with Gasteiger partial charge in [0, 0.05) is 19.0 Å². The van der Waals surface area contributed by atoms with Gasteiger partial charge in [0.25, 0.3) is 0 Å². The molecule has 3 heteroatoms. The molecule has 0 aromatic heterocycles. The predicted molar refractivity (Wildman–Crippen MR) is 74.1 cm³/mol. The van der Waals surface area contributed by atoms with E-state index in [1.165, 1.54) is 38.5 Å². The third kappa shape index (κ3) is 3.25. The first-order chi connectivity index (χ1) is 8.65. The van der Waals surface area contributed by atoms with E-state index in [9.17, 15) is 4.79 Å². The monoisotopic (exact) mass is 252 g/mol. The number of nitrogens with one attached hydrogen (secondary N) is 1. The molecule has 0 saturated heterocycles. The van der Waals surface area contributed by atoms with Crippen LogP contribution in [-0.4, -0.2) is 18.5 Å². The fourth-order valence-corrected chi connectivity index (χ4v) is 3.70.